The van der Waals surface area contributed by atoms with Crippen molar-refractivity contribution >= 4 is 5.91 Å². The van der Waals surface area contributed by atoms with E-state index in [2.05, 4.69) is 0 Å². The Morgan fingerprint density at radius 1 is 1.67 bits per heavy atom. The molecule has 0 aromatic heterocycles. The van der Waals surface area contributed by atoms with Crippen molar-refractivity contribution < 1.29 is 10.0 Å². The molecular formula is C6H11NO2. The van der Waals surface area contributed by atoms with E-state index in [1.807, 2.05) is 6.92 Å². The van der Waals surface area contributed by atoms with Crippen LogP contribution in [0.2, 0.25) is 0 Å². The van der Waals surface area contributed by atoms with Crippen LogP contribution in [-0.4, -0.2) is 11.1 Å². The van der Waals surface area contributed by atoms with Gasteiger partial charge in [-0.2, -0.15) is 0 Å². The van der Waals surface area contributed by atoms with Crippen molar-refractivity contribution in [1.29, 1.82) is 0 Å². The second kappa shape index (κ2) is 2.35. The molecular weight excluding hydrogens is 118 g/mol. The SMILES string of the molecule is C[C@@H]1CC[C@@H]1C(=O)NO. The lowest BCUT2D eigenvalue weighted by atomic mass is 9.74. The highest BCUT2D eigenvalue weighted by atomic mass is 16.5. The number of hydrogen-bond acceptors (Lipinski definition) is 2. The summed E-state index contributed by atoms with van der Waals surface area (Å²) in [6.07, 6.45) is 2.03. The molecule has 2 N–H and O–H groups in total. The van der Waals surface area contributed by atoms with E-state index in [1.54, 1.807) is 5.48 Å². The van der Waals surface area contributed by atoms with Gasteiger partial charge in [-0.3, -0.25) is 10.0 Å². The number of nitrogens with one attached hydrogen (secondary N) is 1. The van der Waals surface area contributed by atoms with Crippen LogP contribution in [0.3, 0.4) is 0 Å². The Morgan fingerprint density at radius 2 is 2.33 bits per heavy atom. The van der Waals surface area contributed by atoms with E-state index in [0.29, 0.717) is 5.92 Å². The molecule has 1 amide bonds. The molecule has 2 atom stereocenters. The molecule has 1 aliphatic carbocycles. The van der Waals surface area contributed by atoms with Gasteiger partial charge in [-0.15, -0.1) is 0 Å². The molecule has 0 bridgehead atoms. The Bertz CT molecular complexity index is 124. The molecule has 0 heterocycles. The number of hydroxylamine groups is 1. The van der Waals surface area contributed by atoms with Crippen molar-refractivity contribution in [3.8, 4) is 0 Å². The summed E-state index contributed by atoms with van der Waals surface area (Å²) >= 11 is 0. The van der Waals surface area contributed by atoms with Crippen LogP contribution in [0.25, 0.3) is 0 Å². The standard InChI is InChI=1S/C6H11NO2/c1-4-2-3-5(4)6(8)7-9/h4-5,9H,2-3H2,1H3,(H,7,8)/t4-,5+/m1/s1. The first-order chi connectivity index (χ1) is 4.25. The highest BCUT2D eigenvalue weighted by molar-refractivity contribution is 5.78. The minimum absolute atomic E-state index is 0.0648. The van der Waals surface area contributed by atoms with E-state index in [9.17, 15) is 4.79 Å². The van der Waals surface area contributed by atoms with Crippen LogP contribution < -0.4 is 5.48 Å². The minimum Gasteiger partial charge on any atom is -0.289 e. The predicted molar refractivity (Wildman–Crippen MR) is 31.8 cm³/mol. The summed E-state index contributed by atoms with van der Waals surface area (Å²) in [6, 6.07) is 0. The van der Waals surface area contributed by atoms with Crippen LogP contribution in [-0.2, 0) is 4.79 Å². The zero-order valence-corrected chi connectivity index (χ0v) is 5.42. The Balaban J connectivity index is 2.35. The van der Waals surface area contributed by atoms with Crippen molar-refractivity contribution in [2.45, 2.75) is 19.8 Å². The first-order valence-corrected chi connectivity index (χ1v) is 3.19. The molecule has 0 unspecified atom stereocenters. The third kappa shape index (κ3) is 1.05. The maximum atomic E-state index is 10.6. The van der Waals surface area contributed by atoms with E-state index in [0.717, 1.165) is 12.8 Å². The molecule has 0 radical (unpaired) electrons. The molecule has 1 aliphatic rings. The van der Waals surface area contributed by atoms with Gasteiger partial charge >= 0.3 is 0 Å². The molecule has 0 aromatic rings. The zero-order valence-electron chi connectivity index (χ0n) is 5.42. The summed E-state index contributed by atoms with van der Waals surface area (Å²) in [5, 5.41) is 8.19. The smallest absolute Gasteiger partial charge is 0.246 e. The highest BCUT2D eigenvalue weighted by Crippen LogP contribution is 2.33. The number of carbonyl (C=O) groups is 1. The van der Waals surface area contributed by atoms with Gasteiger partial charge in [0.25, 0.3) is 0 Å². The maximum Gasteiger partial charge on any atom is 0.246 e. The maximum absolute atomic E-state index is 10.6. The monoisotopic (exact) mass is 129 g/mol. The average molecular weight is 129 g/mol. The van der Waals surface area contributed by atoms with E-state index in [-0.39, 0.29) is 11.8 Å². The fourth-order valence-corrected chi connectivity index (χ4v) is 1.14. The van der Waals surface area contributed by atoms with Gasteiger partial charge in [-0.1, -0.05) is 6.92 Å². The normalized spacial score (nSPS) is 33.1. The Labute approximate surface area is 54.0 Å². The molecule has 9 heavy (non-hydrogen) atoms. The lowest BCUT2D eigenvalue weighted by Crippen LogP contribution is -2.37. The Hall–Kier alpha value is -0.570. The topological polar surface area (TPSA) is 49.3 Å². The Morgan fingerprint density at radius 3 is 2.44 bits per heavy atom. The van der Waals surface area contributed by atoms with Gasteiger partial charge < -0.3 is 0 Å². The van der Waals surface area contributed by atoms with Gasteiger partial charge in [-0.05, 0) is 18.8 Å². The van der Waals surface area contributed by atoms with Gasteiger partial charge in [0.05, 0.1) is 0 Å². The molecule has 52 valence electrons. The molecule has 3 nitrogen and oxygen atoms in total. The summed E-state index contributed by atoms with van der Waals surface area (Å²) in [7, 11) is 0. The van der Waals surface area contributed by atoms with Crippen LogP contribution in [0, 0.1) is 11.8 Å². The second-order valence-corrected chi connectivity index (χ2v) is 2.64. The Kier molecular flexibility index (Phi) is 1.71. The highest BCUT2D eigenvalue weighted by Gasteiger charge is 2.32. The summed E-state index contributed by atoms with van der Waals surface area (Å²) in [4.78, 5) is 10.6. The number of rotatable bonds is 1. The predicted octanol–water partition coefficient (Wildman–Crippen LogP) is 0.538. The van der Waals surface area contributed by atoms with E-state index in [1.165, 1.54) is 0 Å². The lowest BCUT2D eigenvalue weighted by molar-refractivity contribution is -0.138. The lowest BCUT2D eigenvalue weighted by Gasteiger charge is -2.31. The summed E-state index contributed by atoms with van der Waals surface area (Å²) in [5.41, 5.74) is 1.66. The van der Waals surface area contributed by atoms with Crippen molar-refractivity contribution in [2.75, 3.05) is 0 Å². The van der Waals surface area contributed by atoms with E-state index >= 15 is 0 Å². The first kappa shape index (κ1) is 6.55. The van der Waals surface area contributed by atoms with Crippen molar-refractivity contribution in [3.63, 3.8) is 0 Å². The van der Waals surface area contributed by atoms with Crippen molar-refractivity contribution in [2.24, 2.45) is 11.8 Å². The molecule has 0 spiro atoms. The van der Waals surface area contributed by atoms with Gasteiger partial charge in [0.1, 0.15) is 0 Å². The van der Waals surface area contributed by atoms with E-state index < -0.39 is 0 Å². The fourth-order valence-electron chi connectivity index (χ4n) is 1.14. The molecule has 3 heteroatoms. The van der Waals surface area contributed by atoms with Crippen LogP contribution in [0.1, 0.15) is 19.8 Å². The summed E-state index contributed by atoms with van der Waals surface area (Å²) in [6.45, 7) is 2.02. The first-order valence-electron chi connectivity index (χ1n) is 3.19. The van der Waals surface area contributed by atoms with Gasteiger partial charge in [0, 0.05) is 5.92 Å². The minimum atomic E-state index is -0.228. The average Bonchev–Trinajstić information content (AvgIpc) is 1.84. The summed E-state index contributed by atoms with van der Waals surface area (Å²) < 4.78 is 0. The van der Waals surface area contributed by atoms with E-state index in [4.69, 9.17) is 5.21 Å². The van der Waals surface area contributed by atoms with Gasteiger partial charge in [-0.25, -0.2) is 5.48 Å². The van der Waals surface area contributed by atoms with Crippen LogP contribution in [0.15, 0.2) is 0 Å². The number of amides is 1. The second-order valence-electron chi connectivity index (χ2n) is 2.64. The molecule has 1 rings (SSSR count). The van der Waals surface area contributed by atoms with Crippen molar-refractivity contribution in [1.82, 2.24) is 5.48 Å². The van der Waals surface area contributed by atoms with Gasteiger partial charge in [0.2, 0.25) is 5.91 Å². The van der Waals surface area contributed by atoms with Gasteiger partial charge in [0.15, 0.2) is 0 Å². The van der Waals surface area contributed by atoms with Crippen LogP contribution in [0.4, 0.5) is 0 Å². The molecule has 0 aliphatic heterocycles. The third-order valence-electron chi connectivity index (χ3n) is 2.07. The summed E-state index contributed by atoms with van der Waals surface area (Å²) in [5.74, 6) is 0.293. The van der Waals surface area contributed by atoms with Crippen LogP contribution in [0.5, 0.6) is 0 Å². The fraction of sp³-hybridized carbons (Fsp3) is 0.833. The molecule has 0 aromatic carbocycles. The molecule has 1 saturated carbocycles. The largest absolute Gasteiger partial charge is 0.289 e. The van der Waals surface area contributed by atoms with Crippen molar-refractivity contribution in [3.05, 3.63) is 0 Å². The molecule has 1 fully saturated rings. The van der Waals surface area contributed by atoms with Crippen LogP contribution >= 0.6 is 0 Å². The quantitative estimate of drug-likeness (QED) is 0.401. The zero-order chi connectivity index (χ0) is 6.85. The number of hydrogen-bond donors (Lipinski definition) is 2. The third-order valence-corrected chi connectivity index (χ3v) is 2.07. The molecule has 0 saturated heterocycles. The number of carbonyl (C=O) groups excluding carboxylic acids is 1.